The third kappa shape index (κ3) is 8.20. The maximum Gasteiger partial charge on any atom is 0.317 e. The van der Waals surface area contributed by atoms with Gasteiger partial charge in [-0.05, 0) is 38.7 Å². The summed E-state index contributed by atoms with van der Waals surface area (Å²) >= 11 is 0. The lowest BCUT2D eigenvalue weighted by Crippen LogP contribution is -2.53. The SMILES string of the molecule is C[SiH]1O[SiH](C)O[Si](C)(CCCOCC(F)(CF)OCF)O[SiH](C)O1. The first-order valence-electron chi connectivity index (χ1n) is 7.91. The first-order valence-corrected chi connectivity index (χ1v) is 16.7. The molecule has 0 aromatic carbocycles. The highest BCUT2D eigenvalue weighted by molar-refractivity contribution is 6.81. The normalized spacial score (nSPS) is 34.4. The Labute approximate surface area is 147 Å². The van der Waals surface area contributed by atoms with Crippen LogP contribution in [-0.4, -0.2) is 69.0 Å². The third-order valence-electron chi connectivity index (χ3n) is 3.35. The first-order chi connectivity index (χ1) is 11.2. The van der Waals surface area contributed by atoms with Crippen LogP contribution in [0.15, 0.2) is 0 Å². The lowest BCUT2D eigenvalue weighted by molar-refractivity contribution is -0.209. The van der Waals surface area contributed by atoms with Crippen LogP contribution in [0.1, 0.15) is 6.42 Å². The van der Waals surface area contributed by atoms with Gasteiger partial charge in [0.2, 0.25) is 0 Å². The van der Waals surface area contributed by atoms with Crippen molar-refractivity contribution in [3.05, 3.63) is 0 Å². The van der Waals surface area contributed by atoms with Gasteiger partial charge in [-0.1, -0.05) is 0 Å². The molecule has 13 heteroatoms. The van der Waals surface area contributed by atoms with E-state index in [1.807, 2.05) is 26.2 Å². The van der Waals surface area contributed by atoms with Crippen LogP contribution in [-0.2, 0) is 25.9 Å². The van der Waals surface area contributed by atoms with Crippen LogP contribution in [0, 0.1) is 0 Å². The third-order valence-corrected chi connectivity index (χ3v) is 17.4. The smallest absolute Gasteiger partial charge is 0.317 e. The maximum atomic E-state index is 13.6. The van der Waals surface area contributed by atoms with E-state index in [4.69, 9.17) is 21.2 Å². The quantitative estimate of drug-likeness (QED) is 0.415. The molecule has 6 nitrogen and oxygen atoms in total. The maximum absolute atomic E-state index is 13.6. The fourth-order valence-electron chi connectivity index (χ4n) is 2.41. The van der Waals surface area contributed by atoms with Crippen molar-refractivity contribution in [2.75, 3.05) is 26.7 Å². The molecule has 1 fully saturated rings. The molecule has 144 valence electrons. The molecule has 24 heavy (non-hydrogen) atoms. The summed E-state index contributed by atoms with van der Waals surface area (Å²) in [6, 6.07) is 0.628. The van der Waals surface area contributed by atoms with Gasteiger partial charge in [0.15, 0.2) is 13.5 Å². The minimum absolute atomic E-state index is 0.176. The average Bonchev–Trinajstić information content (AvgIpc) is 2.45. The van der Waals surface area contributed by atoms with E-state index in [2.05, 4.69) is 4.74 Å². The van der Waals surface area contributed by atoms with Gasteiger partial charge in [-0.15, -0.1) is 0 Å². The van der Waals surface area contributed by atoms with Crippen molar-refractivity contribution in [2.24, 2.45) is 0 Å². The Kier molecular flexibility index (Phi) is 9.86. The van der Waals surface area contributed by atoms with Crippen LogP contribution in [0.3, 0.4) is 0 Å². The van der Waals surface area contributed by atoms with Crippen molar-refractivity contribution < 1.29 is 39.1 Å². The highest BCUT2D eigenvalue weighted by Crippen LogP contribution is 2.22. The van der Waals surface area contributed by atoms with E-state index >= 15 is 0 Å². The lowest BCUT2D eigenvalue weighted by atomic mass is 10.3. The molecule has 1 aliphatic heterocycles. The summed E-state index contributed by atoms with van der Waals surface area (Å²) in [6.45, 7) is 4.48. The average molecular weight is 425 g/mol. The number of hydrogen-bond acceptors (Lipinski definition) is 6. The number of halogens is 3. The van der Waals surface area contributed by atoms with Crippen LogP contribution in [0.25, 0.3) is 0 Å². The molecule has 1 rings (SSSR count). The Morgan fingerprint density at radius 2 is 1.62 bits per heavy atom. The van der Waals surface area contributed by atoms with E-state index in [0.717, 1.165) is 0 Å². The largest absolute Gasteiger partial charge is 0.420 e. The Bertz CT molecular complexity index is 361. The molecule has 1 saturated heterocycles. The Hall–Kier alpha value is 0.418. The standard InChI is InChI=1S/C11H27F3O6Si4/c1-21-17-22(2)19-24(4,20-23(3)18-21)7-5-6-15-9-11(14,8-12)16-10-13/h21-23H,5-10H2,1-4H3. The molecular weight excluding hydrogens is 397 g/mol. The Morgan fingerprint density at radius 1 is 1.04 bits per heavy atom. The number of hydrogen-bond donors (Lipinski definition) is 0. The van der Waals surface area contributed by atoms with Crippen molar-refractivity contribution in [1.82, 2.24) is 0 Å². The zero-order chi connectivity index (χ0) is 18.2. The predicted molar refractivity (Wildman–Crippen MR) is 92.1 cm³/mol. The van der Waals surface area contributed by atoms with Crippen LogP contribution >= 0.6 is 0 Å². The lowest BCUT2D eigenvalue weighted by Gasteiger charge is -2.37. The van der Waals surface area contributed by atoms with Gasteiger partial charge in [0.25, 0.3) is 33.7 Å². The molecule has 0 saturated carbocycles. The monoisotopic (exact) mass is 424 g/mol. The molecule has 0 radical (unpaired) electrons. The summed E-state index contributed by atoms with van der Waals surface area (Å²) in [7, 11) is -7.69. The van der Waals surface area contributed by atoms with Crippen molar-refractivity contribution >= 4 is 36.4 Å². The van der Waals surface area contributed by atoms with Crippen molar-refractivity contribution in [3.63, 3.8) is 0 Å². The molecule has 1 heterocycles. The zero-order valence-corrected chi connectivity index (χ0v) is 19.0. The second-order valence-corrected chi connectivity index (χ2v) is 16.0. The van der Waals surface area contributed by atoms with Gasteiger partial charge in [-0.25, -0.2) is 13.2 Å². The molecular formula is C11H27F3O6Si4. The minimum atomic E-state index is -2.73. The number of alkyl halides is 3. The molecule has 0 N–H and O–H groups in total. The van der Waals surface area contributed by atoms with Crippen LogP contribution < -0.4 is 0 Å². The van der Waals surface area contributed by atoms with E-state index < -0.39 is 62.4 Å². The Morgan fingerprint density at radius 3 is 2.12 bits per heavy atom. The summed E-state index contributed by atoms with van der Waals surface area (Å²) in [4.78, 5) is 0. The van der Waals surface area contributed by atoms with Gasteiger partial charge in [-0.3, -0.25) is 0 Å². The molecule has 0 amide bonds. The van der Waals surface area contributed by atoms with Crippen molar-refractivity contribution in [3.8, 4) is 0 Å². The number of ether oxygens (including phenoxy) is 2. The minimum Gasteiger partial charge on any atom is -0.420 e. The van der Waals surface area contributed by atoms with Gasteiger partial charge in [0, 0.05) is 6.61 Å². The van der Waals surface area contributed by atoms with E-state index in [0.29, 0.717) is 12.5 Å². The first kappa shape index (κ1) is 22.5. The van der Waals surface area contributed by atoms with Gasteiger partial charge >= 0.3 is 8.56 Å². The molecule has 1 aliphatic rings. The summed E-state index contributed by atoms with van der Waals surface area (Å²) in [5.74, 6) is -2.73. The summed E-state index contributed by atoms with van der Waals surface area (Å²) in [6.07, 6.45) is 0.552. The topological polar surface area (TPSA) is 55.4 Å². The molecule has 0 aromatic rings. The Balaban J connectivity index is 2.38. The van der Waals surface area contributed by atoms with Crippen LogP contribution in [0.4, 0.5) is 13.2 Å². The second kappa shape index (κ2) is 10.5. The molecule has 0 aliphatic carbocycles. The zero-order valence-electron chi connectivity index (χ0n) is 14.6. The summed E-state index contributed by atoms with van der Waals surface area (Å²) in [5, 5.41) is 0. The van der Waals surface area contributed by atoms with E-state index in [-0.39, 0.29) is 6.61 Å². The summed E-state index contributed by atoms with van der Waals surface area (Å²) < 4.78 is 71.0. The van der Waals surface area contributed by atoms with Crippen LogP contribution in [0.2, 0.25) is 32.2 Å². The van der Waals surface area contributed by atoms with Gasteiger partial charge in [0.05, 0.1) is 0 Å². The van der Waals surface area contributed by atoms with Crippen LogP contribution in [0.5, 0.6) is 0 Å². The fraction of sp³-hybridized carbons (Fsp3) is 1.00. The van der Waals surface area contributed by atoms with E-state index in [1.165, 1.54) is 0 Å². The van der Waals surface area contributed by atoms with Crippen molar-refractivity contribution in [1.29, 1.82) is 0 Å². The molecule has 3 atom stereocenters. The van der Waals surface area contributed by atoms with Gasteiger partial charge in [-0.2, -0.15) is 0 Å². The number of rotatable bonds is 9. The molecule has 0 aromatic heterocycles. The van der Waals surface area contributed by atoms with Crippen molar-refractivity contribution in [2.45, 2.75) is 44.5 Å². The highest BCUT2D eigenvalue weighted by Gasteiger charge is 2.39. The summed E-state index contributed by atoms with van der Waals surface area (Å²) in [5.41, 5.74) is 0. The van der Waals surface area contributed by atoms with E-state index in [9.17, 15) is 13.2 Å². The molecule has 0 spiro atoms. The predicted octanol–water partition coefficient (Wildman–Crippen LogP) is 1.67. The second-order valence-electron chi connectivity index (χ2n) is 5.77. The highest BCUT2D eigenvalue weighted by atomic mass is 28.5. The fourth-order valence-corrected chi connectivity index (χ4v) is 17.1. The molecule has 0 bridgehead atoms. The van der Waals surface area contributed by atoms with Gasteiger partial charge < -0.3 is 25.9 Å². The van der Waals surface area contributed by atoms with Gasteiger partial charge in [0.1, 0.15) is 6.61 Å². The molecule has 3 unspecified atom stereocenters. The van der Waals surface area contributed by atoms with E-state index in [1.54, 1.807) is 0 Å².